The Kier molecular flexibility index (Phi) is 4.51. The Morgan fingerprint density at radius 1 is 1.59 bits per heavy atom. The van der Waals surface area contributed by atoms with E-state index in [1.807, 2.05) is 19.1 Å². The SMILES string of the molecule is Cc1cccc(NC(=O)C(C)/C(N)=N/O)c1Br. The van der Waals surface area contributed by atoms with Crippen LogP contribution in [0.15, 0.2) is 27.8 Å². The Balaban J connectivity index is 2.85. The minimum atomic E-state index is -0.688. The topological polar surface area (TPSA) is 87.7 Å². The Hall–Kier alpha value is -1.56. The van der Waals surface area contributed by atoms with Crippen molar-refractivity contribution in [2.75, 3.05) is 5.32 Å². The van der Waals surface area contributed by atoms with Crippen molar-refractivity contribution in [2.45, 2.75) is 13.8 Å². The fourth-order valence-corrected chi connectivity index (χ4v) is 1.57. The lowest BCUT2D eigenvalue weighted by Crippen LogP contribution is -2.32. The first-order valence-electron chi connectivity index (χ1n) is 5.00. The van der Waals surface area contributed by atoms with Gasteiger partial charge in [-0.15, -0.1) is 0 Å². The van der Waals surface area contributed by atoms with E-state index >= 15 is 0 Å². The maximum Gasteiger partial charge on any atom is 0.234 e. The predicted molar refractivity (Wildman–Crippen MR) is 70.1 cm³/mol. The smallest absolute Gasteiger partial charge is 0.234 e. The number of amidine groups is 1. The van der Waals surface area contributed by atoms with E-state index in [1.165, 1.54) is 0 Å². The first kappa shape index (κ1) is 13.5. The van der Waals surface area contributed by atoms with Crippen LogP contribution >= 0.6 is 15.9 Å². The Morgan fingerprint density at radius 3 is 2.82 bits per heavy atom. The number of nitrogens with zero attached hydrogens (tertiary/aromatic N) is 1. The molecule has 0 saturated heterocycles. The molecule has 0 aliphatic heterocycles. The molecule has 1 rings (SSSR count). The summed E-state index contributed by atoms with van der Waals surface area (Å²) in [7, 11) is 0. The molecule has 6 heteroatoms. The van der Waals surface area contributed by atoms with Gasteiger partial charge in [0, 0.05) is 4.47 Å². The average Bonchev–Trinajstić information content (AvgIpc) is 2.32. The van der Waals surface area contributed by atoms with E-state index in [2.05, 4.69) is 26.4 Å². The second-order valence-corrected chi connectivity index (χ2v) is 4.47. The molecular weight excluding hydrogens is 286 g/mol. The van der Waals surface area contributed by atoms with Gasteiger partial charge in [-0.1, -0.05) is 17.3 Å². The number of amides is 1. The summed E-state index contributed by atoms with van der Waals surface area (Å²) < 4.78 is 0.819. The van der Waals surface area contributed by atoms with Gasteiger partial charge in [0.2, 0.25) is 5.91 Å². The Morgan fingerprint density at radius 2 is 2.24 bits per heavy atom. The molecule has 0 fully saturated rings. The van der Waals surface area contributed by atoms with E-state index in [9.17, 15) is 4.79 Å². The number of anilines is 1. The van der Waals surface area contributed by atoms with Crippen LogP contribution in [0.2, 0.25) is 0 Å². The molecule has 0 radical (unpaired) electrons. The zero-order valence-corrected chi connectivity index (χ0v) is 11.2. The minimum Gasteiger partial charge on any atom is -0.409 e. The lowest BCUT2D eigenvalue weighted by Gasteiger charge is -2.12. The summed E-state index contributed by atoms with van der Waals surface area (Å²) >= 11 is 3.39. The van der Waals surface area contributed by atoms with Crippen molar-refractivity contribution in [3.63, 3.8) is 0 Å². The highest BCUT2D eigenvalue weighted by Gasteiger charge is 2.18. The fraction of sp³-hybridized carbons (Fsp3) is 0.273. The van der Waals surface area contributed by atoms with Gasteiger partial charge in [-0.25, -0.2) is 0 Å². The van der Waals surface area contributed by atoms with Gasteiger partial charge in [-0.05, 0) is 41.4 Å². The number of hydrogen-bond donors (Lipinski definition) is 3. The third kappa shape index (κ3) is 3.20. The molecule has 1 amide bonds. The highest BCUT2D eigenvalue weighted by molar-refractivity contribution is 9.10. The molecule has 17 heavy (non-hydrogen) atoms. The number of oxime groups is 1. The van der Waals surface area contributed by atoms with Crippen molar-refractivity contribution in [1.82, 2.24) is 0 Å². The van der Waals surface area contributed by atoms with Crippen molar-refractivity contribution < 1.29 is 10.0 Å². The zero-order chi connectivity index (χ0) is 13.0. The molecular formula is C11H14BrN3O2. The third-order valence-electron chi connectivity index (χ3n) is 2.40. The monoisotopic (exact) mass is 299 g/mol. The molecule has 1 unspecified atom stereocenters. The number of nitrogens with two attached hydrogens (primary N) is 1. The summed E-state index contributed by atoms with van der Waals surface area (Å²) in [6.07, 6.45) is 0. The quantitative estimate of drug-likeness (QED) is 0.345. The summed E-state index contributed by atoms with van der Waals surface area (Å²) in [6, 6.07) is 5.53. The normalized spacial score (nSPS) is 13.2. The van der Waals surface area contributed by atoms with Gasteiger partial charge in [0.15, 0.2) is 5.84 Å². The lowest BCUT2D eigenvalue weighted by molar-refractivity contribution is -0.117. The largest absolute Gasteiger partial charge is 0.409 e. The standard InChI is InChI=1S/C11H14BrN3O2/c1-6-4-3-5-8(9(6)12)14-11(16)7(2)10(13)15-17/h3-5,7,17H,1-2H3,(H2,13,15)(H,14,16). The number of hydrogen-bond acceptors (Lipinski definition) is 3. The number of rotatable bonds is 3. The average molecular weight is 300 g/mol. The van der Waals surface area contributed by atoms with Crippen molar-refractivity contribution in [3.05, 3.63) is 28.2 Å². The molecule has 0 saturated carbocycles. The van der Waals surface area contributed by atoms with Crippen LogP contribution in [-0.4, -0.2) is 17.0 Å². The Bertz CT molecular complexity index is 460. The van der Waals surface area contributed by atoms with Crippen LogP contribution in [0.1, 0.15) is 12.5 Å². The summed E-state index contributed by atoms with van der Waals surface area (Å²) in [5.74, 6) is -1.13. The molecule has 92 valence electrons. The number of nitrogens with one attached hydrogen (secondary N) is 1. The maximum atomic E-state index is 11.8. The molecule has 1 aromatic rings. The first-order valence-corrected chi connectivity index (χ1v) is 5.80. The summed E-state index contributed by atoms with van der Waals surface area (Å²) in [4.78, 5) is 11.8. The zero-order valence-electron chi connectivity index (χ0n) is 9.57. The predicted octanol–water partition coefficient (Wildman–Crippen LogP) is 2.08. The van der Waals surface area contributed by atoms with Crippen LogP contribution < -0.4 is 11.1 Å². The number of carbonyl (C=O) groups excluding carboxylic acids is 1. The van der Waals surface area contributed by atoms with Gasteiger partial charge in [0.25, 0.3) is 0 Å². The summed E-state index contributed by atoms with van der Waals surface area (Å²) in [5, 5.41) is 14.0. The van der Waals surface area contributed by atoms with Crippen molar-refractivity contribution in [3.8, 4) is 0 Å². The van der Waals surface area contributed by atoms with E-state index < -0.39 is 5.92 Å². The van der Waals surface area contributed by atoms with E-state index in [1.54, 1.807) is 13.0 Å². The van der Waals surface area contributed by atoms with Gasteiger partial charge in [0.1, 0.15) is 0 Å². The van der Waals surface area contributed by atoms with Crippen LogP contribution in [0.5, 0.6) is 0 Å². The van der Waals surface area contributed by atoms with Crippen LogP contribution in [0.4, 0.5) is 5.69 Å². The lowest BCUT2D eigenvalue weighted by atomic mass is 10.1. The molecule has 0 bridgehead atoms. The third-order valence-corrected chi connectivity index (χ3v) is 3.45. The van der Waals surface area contributed by atoms with E-state index in [0.717, 1.165) is 10.0 Å². The van der Waals surface area contributed by atoms with Crippen LogP contribution in [0.25, 0.3) is 0 Å². The van der Waals surface area contributed by atoms with Crippen LogP contribution in [0.3, 0.4) is 0 Å². The molecule has 1 aromatic carbocycles. The maximum absolute atomic E-state index is 11.8. The first-order chi connectivity index (χ1) is 7.97. The van der Waals surface area contributed by atoms with Crippen molar-refractivity contribution in [2.24, 2.45) is 16.8 Å². The van der Waals surface area contributed by atoms with Gasteiger partial charge in [-0.3, -0.25) is 4.79 Å². The molecule has 0 aromatic heterocycles. The molecule has 0 heterocycles. The highest BCUT2D eigenvalue weighted by Crippen LogP contribution is 2.26. The molecule has 0 spiro atoms. The van der Waals surface area contributed by atoms with E-state index in [4.69, 9.17) is 10.9 Å². The van der Waals surface area contributed by atoms with Gasteiger partial charge in [-0.2, -0.15) is 0 Å². The second kappa shape index (κ2) is 5.67. The van der Waals surface area contributed by atoms with Gasteiger partial charge >= 0.3 is 0 Å². The molecule has 0 aliphatic rings. The molecule has 4 N–H and O–H groups in total. The minimum absolute atomic E-state index is 0.119. The fourth-order valence-electron chi connectivity index (χ4n) is 1.21. The van der Waals surface area contributed by atoms with Gasteiger partial charge < -0.3 is 16.3 Å². The number of aryl methyl sites for hydroxylation is 1. The van der Waals surface area contributed by atoms with E-state index in [0.29, 0.717) is 5.69 Å². The van der Waals surface area contributed by atoms with E-state index in [-0.39, 0.29) is 11.7 Å². The number of benzene rings is 1. The number of carbonyl (C=O) groups is 1. The molecule has 5 nitrogen and oxygen atoms in total. The van der Waals surface area contributed by atoms with Crippen molar-refractivity contribution in [1.29, 1.82) is 0 Å². The summed E-state index contributed by atoms with van der Waals surface area (Å²) in [5.41, 5.74) is 7.04. The second-order valence-electron chi connectivity index (χ2n) is 3.67. The Labute approximate surface area is 108 Å². The number of halogens is 1. The van der Waals surface area contributed by atoms with Gasteiger partial charge in [0.05, 0.1) is 11.6 Å². The molecule has 0 aliphatic carbocycles. The van der Waals surface area contributed by atoms with Crippen LogP contribution in [0, 0.1) is 12.8 Å². The van der Waals surface area contributed by atoms with Crippen LogP contribution in [-0.2, 0) is 4.79 Å². The highest BCUT2D eigenvalue weighted by atomic mass is 79.9. The summed E-state index contributed by atoms with van der Waals surface area (Å²) in [6.45, 7) is 3.49. The molecule has 1 atom stereocenters. The van der Waals surface area contributed by atoms with Crippen molar-refractivity contribution >= 4 is 33.4 Å².